The van der Waals surface area contributed by atoms with Crippen LogP contribution in [-0.4, -0.2) is 16.6 Å². The summed E-state index contributed by atoms with van der Waals surface area (Å²) in [4.78, 5) is 18.0. The Labute approximate surface area is 132 Å². The molecule has 0 atom stereocenters. The number of H-pyrrole nitrogens is 1. The minimum atomic E-state index is -0.525. The number of nitrogens with one attached hydrogen (secondary N) is 1. The van der Waals surface area contributed by atoms with Gasteiger partial charge in [-0.2, -0.15) is 5.26 Å². The normalized spacial score (nSPS) is 10.5. The maximum Gasteiger partial charge on any atom is 0.271 e. The average Bonchev–Trinajstić information content (AvgIpc) is 2.48. The number of aromatic amines is 1. The molecule has 0 aliphatic heterocycles. The van der Waals surface area contributed by atoms with Crippen molar-refractivity contribution in [3.63, 3.8) is 0 Å². The van der Waals surface area contributed by atoms with E-state index < -0.39 is 5.56 Å². The van der Waals surface area contributed by atoms with Crippen molar-refractivity contribution >= 4 is 17.5 Å². The fourth-order valence-corrected chi connectivity index (χ4v) is 2.01. The number of benzene rings is 1. The lowest BCUT2D eigenvalue weighted by atomic mass is 10.1. The van der Waals surface area contributed by atoms with Gasteiger partial charge in [0.25, 0.3) is 5.56 Å². The van der Waals surface area contributed by atoms with E-state index in [2.05, 4.69) is 16.0 Å². The molecule has 1 heterocycles. The zero-order valence-electron chi connectivity index (χ0n) is 12.2. The minimum absolute atomic E-state index is 0.0389. The minimum Gasteiger partial charge on any atom is -0.492 e. The number of anilines is 1. The molecule has 7 heteroatoms. The largest absolute Gasteiger partial charge is 0.492 e. The standard InChI is InChI=1S/C15H15ClN4O2/c1-8(2)7-22-11-4-3-9(5-10(11)6-17)13-12(16)14(21)20-15(18)19-13/h3-5,8H,7H2,1-2H3,(H3,18,19,20,21). The topological polar surface area (TPSA) is 105 Å². The summed E-state index contributed by atoms with van der Waals surface area (Å²) >= 11 is 5.96. The van der Waals surface area contributed by atoms with Gasteiger partial charge in [-0.05, 0) is 24.1 Å². The van der Waals surface area contributed by atoms with E-state index in [1.165, 1.54) is 0 Å². The molecule has 0 saturated heterocycles. The second kappa shape index (κ2) is 6.50. The lowest BCUT2D eigenvalue weighted by Crippen LogP contribution is -2.13. The number of nitrogens with zero attached hydrogens (tertiary/aromatic N) is 2. The van der Waals surface area contributed by atoms with Crippen LogP contribution in [0.15, 0.2) is 23.0 Å². The smallest absolute Gasteiger partial charge is 0.271 e. The van der Waals surface area contributed by atoms with Gasteiger partial charge in [0.05, 0.1) is 17.9 Å². The van der Waals surface area contributed by atoms with Crippen molar-refractivity contribution in [3.05, 3.63) is 39.1 Å². The quantitative estimate of drug-likeness (QED) is 0.901. The van der Waals surface area contributed by atoms with Crippen molar-refractivity contribution in [1.29, 1.82) is 5.26 Å². The van der Waals surface area contributed by atoms with Crippen molar-refractivity contribution in [2.75, 3.05) is 12.3 Å². The van der Waals surface area contributed by atoms with Crippen molar-refractivity contribution < 1.29 is 4.74 Å². The Morgan fingerprint density at radius 3 is 2.86 bits per heavy atom. The van der Waals surface area contributed by atoms with Crippen LogP contribution in [0.1, 0.15) is 19.4 Å². The number of ether oxygens (including phenoxy) is 1. The van der Waals surface area contributed by atoms with E-state index >= 15 is 0 Å². The molecule has 0 spiro atoms. The summed E-state index contributed by atoms with van der Waals surface area (Å²) in [6.07, 6.45) is 0. The number of hydrogen-bond acceptors (Lipinski definition) is 5. The van der Waals surface area contributed by atoms with Crippen LogP contribution in [0.3, 0.4) is 0 Å². The van der Waals surface area contributed by atoms with Gasteiger partial charge in [0.15, 0.2) is 0 Å². The lowest BCUT2D eigenvalue weighted by molar-refractivity contribution is 0.270. The van der Waals surface area contributed by atoms with Crippen LogP contribution in [0.4, 0.5) is 5.95 Å². The summed E-state index contributed by atoms with van der Waals surface area (Å²) in [5.74, 6) is 0.784. The van der Waals surface area contributed by atoms with Crippen LogP contribution < -0.4 is 16.0 Å². The fraction of sp³-hybridized carbons (Fsp3) is 0.267. The predicted molar refractivity (Wildman–Crippen MR) is 84.8 cm³/mol. The van der Waals surface area contributed by atoms with Crippen LogP contribution in [0.5, 0.6) is 5.75 Å². The summed E-state index contributed by atoms with van der Waals surface area (Å²) in [6, 6.07) is 6.98. The molecule has 0 aliphatic carbocycles. The maximum atomic E-state index is 11.6. The highest BCUT2D eigenvalue weighted by Crippen LogP contribution is 2.28. The van der Waals surface area contributed by atoms with E-state index in [1.807, 2.05) is 13.8 Å². The first-order valence-corrected chi connectivity index (χ1v) is 7.02. The first kappa shape index (κ1) is 15.9. The predicted octanol–water partition coefficient (Wildman–Crippen LogP) is 2.58. The van der Waals surface area contributed by atoms with Gasteiger partial charge >= 0.3 is 0 Å². The van der Waals surface area contributed by atoms with Gasteiger partial charge in [0.2, 0.25) is 5.95 Å². The van der Waals surface area contributed by atoms with Gasteiger partial charge in [-0.3, -0.25) is 9.78 Å². The van der Waals surface area contributed by atoms with E-state index in [0.717, 1.165) is 0 Å². The SMILES string of the molecule is CC(C)COc1ccc(-c2nc(N)[nH]c(=O)c2Cl)cc1C#N. The Morgan fingerprint density at radius 1 is 1.50 bits per heavy atom. The van der Waals surface area contributed by atoms with E-state index in [9.17, 15) is 10.1 Å². The number of hydrogen-bond donors (Lipinski definition) is 2. The van der Waals surface area contributed by atoms with Crippen molar-refractivity contribution in [2.24, 2.45) is 5.92 Å². The third-order valence-corrected chi connectivity index (χ3v) is 3.18. The third kappa shape index (κ3) is 3.38. The molecule has 114 valence electrons. The number of nitriles is 1. The van der Waals surface area contributed by atoms with Gasteiger partial charge in [0, 0.05) is 5.56 Å². The zero-order chi connectivity index (χ0) is 16.3. The maximum absolute atomic E-state index is 11.6. The molecular weight excluding hydrogens is 304 g/mol. The first-order chi connectivity index (χ1) is 10.4. The number of nitrogen functional groups attached to an aromatic ring is 1. The van der Waals surface area contributed by atoms with E-state index in [0.29, 0.717) is 29.4 Å². The second-order valence-electron chi connectivity index (χ2n) is 5.14. The molecule has 2 aromatic rings. The molecule has 0 amide bonds. The van der Waals surface area contributed by atoms with Crippen molar-refractivity contribution in [3.8, 4) is 23.1 Å². The Morgan fingerprint density at radius 2 is 2.23 bits per heavy atom. The Bertz CT molecular complexity index is 793. The van der Waals surface area contributed by atoms with Crippen molar-refractivity contribution in [2.45, 2.75) is 13.8 Å². The Balaban J connectivity index is 2.47. The van der Waals surface area contributed by atoms with E-state index in [4.69, 9.17) is 22.1 Å². The molecule has 1 aromatic carbocycles. The molecule has 0 unspecified atom stereocenters. The van der Waals surface area contributed by atoms with Gasteiger partial charge < -0.3 is 10.5 Å². The highest BCUT2D eigenvalue weighted by Gasteiger charge is 2.13. The van der Waals surface area contributed by atoms with E-state index in [1.54, 1.807) is 18.2 Å². The number of nitrogens with two attached hydrogens (primary N) is 1. The van der Waals surface area contributed by atoms with Gasteiger partial charge in [0.1, 0.15) is 16.8 Å². The molecular formula is C15H15ClN4O2. The van der Waals surface area contributed by atoms with Crippen LogP contribution in [0.25, 0.3) is 11.3 Å². The molecule has 1 aromatic heterocycles. The lowest BCUT2D eigenvalue weighted by Gasteiger charge is -2.11. The van der Waals surface area contributed by atoms with Crippen LogP contribution >= 0.6 is 11.6 Å². The molecule has 2 rings (SSSR count). The van der Waals surface area contributed by atoms with Gasteiger partial charge in [-0.25, -0.2) is 4.98 Å². The Kier molecular flexibility index (Phi) is 4.68. The molecule has 0 radical (unpaired) electrons. The van der Waals surface area contributed by atoms with Gasteiger partial charge in [-0.1, -0.05) is 25.4 Å². The molecule has 0 bridgehead atoms. The summed E-state index contributed by atoms with van der Waals surface area (Å²) in [5.41, 5.74) is 6.11. The van der Waals surface area contributed by atoms with Crippen molar-refractivity contribution in [1.82, 2.24) is 9.97 Å². The molecule has 0 saturated carbocycles. The second-order valence-corrected chi connectivity index (χ2v) is 5.52. The molecule has 3 N–H and O–H groups in total. The summed E-state index contributed by atoms with van der Waals surface area (Å²) in [6.45, 7) is 4.54. The monoisotopic (exact) mass is 318 g/mol. The van der Waals surface area contributed by atoms with E-state index in [-0.39, 0.29) is 16.7 Å². The third-order valence-electron chi connectivity index (χ3n) is 2.83. The highest BCUT2D eigenvalue weighted by molar-refractivity contribution is 6.32. The van der Waals surface area contributed by atoms with Crippen LogP contribution in [0.2, 0.25) is 5.02 Å². The molecule has 0 aliphatic rings. The number of aromatic nitrogens is 2. The summed E-state index contributed by atoms with van der Waals surface area (Å²) in [5, 5.41) is 9.18. The number of halogens is 1. The Hall–Kier alpha value is -2.52. The highest BCUT2D eigenvalue weighted by atomic mass is 35.5. The average molecular weight is 319 g/mol. The molecule has 22 heavy (non-hydrogen) atoms. The van der Waals surface area contributed by atoms with Crippen LogP contribution in [-0.2, 0) is 0 Å². The first-order valence-electron chi connectivity index (χ1n) is 6.65. The van der Waals surface area contributed by atoms with Gasteiger partial charge in [-0.15, -0.1) is 0 Å². The molecule has 6 nitrogen and oxygen atoms in total. The number of rotatable bonds is 4. The van der Waals surface area contributed by atoms with Crippen LogP contribution in [0, 0.1) is 17.2 Å². The summed E-state index contributed by atoms with van der Waals surface area (Å²) < 4.78 is 5.59. The molecule has 0 fully saturated rings. The fourth-order valence-electron chi connectivity index (χ4n) is 1.81. The zero-order valence-corrected chi connectivity index (χ0v) is 12.9. The summed E-state index contributed by atoms with van der Waals surface area (Å²) in [7, 11) is 0.